The number of halogens is 4. The molecule has 2 aromatic rings. The molecule has 0 saturated heterocycles. The van der Waals surface area contributed by atoms with Crippen molar-refractivity contribution in [2.75, 3.05) is 0 Å². The maximum atomic E-state index is 13.4. The van der Waals surface area contributed by atoms with Crippen LogP contribution in [0.5, 0.6) is 0 Å². The zero-order valence-corrected chi connectivity index (χ0v) is 10.1. The van der Waals surface area contributed by atoms with Crippen LogP contribution in [0.25, 0.3) is 11.5 Å². The molecule has 0 unspecified atom stereocenters. The van der Waals surface area contributed by atoms with Crippen molar-refractivity contribution in [3.8, 4) is 11.5 Å². The molecule has 15 heavy (non-hydrogen) atoms. The van der Waals surface area contributed by atoms with E-state index in [4.69, 9.17) is 4.42 Å². The Kier molecular flexibility index (Phi) is 2.83. The van der Waals surface area contributed by atoms with Crippen molar-refractivity contribution in [3.63, 3.8) is 0 Å². The standard InChI is InChI=1S/C8H2Br2F2N2O/c9-3-1-4(11)6(5(12)2-3)7-13-14-8(10)15-7/h1-2H. The van der Waals surface area contributed by atoms with Crippen molar-refractivity contribution < 1.29 is 13.2 Å². The third kappa shape index (κ3) is 2.07. The van der Waals surface area contributed by atoms with Gasteiger partial charge in [-0.25, -0.2) is 8.78 Å². The summed E-state index contributed by atoms with van der Waals surface area (Å²) in [6.07, 6.45) is 0. The second kappa shape index (κ2) is 3.97. The van der Waals surface area contributed by atoms with E-state index < -0.39 is 11.6 Å². The molecule has 78 valence electrons. The first-order valence-electron chi connectivity index (χ1n) is 3.72. The van der Waals surface area contributed by atoms with E-state index in [0.29, 0.717) is 4.47 Å². The molecule has 0 amide bonds. The summed E-state index contributed by atoms with van der Waals surface area (Å²) in [5, 5.41) is 6.93. The SMILES string of the molecule is Fc1cc(Br)cc(F)c1-c1nnc(Br)o1. The fourth-order valence-electron chi connectivity index (χ4n) is 1.05. The van der Waals surface area contributed by atoms with E-state index in [-0.39, 0.29) is 16.3 Å². The summed E-state index contributed by atoms with van der Waals surface area (Å²) in [7, 11) is 0. The highest BCUT2D eigenvalue weighted by atomic mass is 79.9. The number of rotatable bonds is 1. The van der Waals surface area contributed by atoms with Gasteiger partial charge in [-0.15, -0.1) is 10.2 Å². The van der Waals surface area contributed by atoms with Gasteiger partial charge in [-0.05, 0) is 12.1 Å². The molecule has 7 heteroatoms. The van der Waals surface area contributed by atoms with Gasteiger partial charge < -0.3 is 4.42 Å². The summed E-state index contributed by atoms with van der Waals surface area (Å²) in [5.74, 6) is -1.74. The minimum absolute atomic E-state index is 0.0687. The third-order valence-corrected chi connectivity index (χ3v) is 2.40. The van der Waals surface area contributed by atoms with Crippen LogP contribution in [0.1, 0.15) is 0 Å². The van der Waals surface area contributed by atoms with Crippen LogP contribution in [0.3, 0.4) is 0 Å². The molecule has 0 radical (unpaired) electrons. The first kappa shape index (κ1) is 10.7. The minimum atomic E-state index is -0.766. The van der Waals surface area contributed by atoms with Gasteiger partial charge in [0.2, 0.25) is 0 Å². The van der Waals surface area contributed by atoms with E-state index in [1.54, 1.807) is 0 Å². The molecule has 0 atom stereocenters. The molecule has 0 saturated carbocycles. The fraction of sp³-hybridized carbons (Fsp3) is 0. The third-order valence-electron chi connectivity index (χ3n) is 1.62. The molecule has 0 aliphatic carbocycles. The second-order valence-electron chi connectivity index (χ2n) is 2.60. The lowest BCUT2D eigenvalue weighted by Crippen LogP contribution is -1.90. The molecule has 0 spiro atoms. The molecule has 0 bridgehead atoms. The van der Waals surface area contributed by atoms with Gasteiger partial charge in [0.05, 0.1) is 0 Å². The van der Waals surface area contributed by atoms with Crippen LogP contribution in [0.4, 0.5) is 8.78 Å². The van der Waals surface area contributed by atoms with E-state index in [9.17, 15) is 8.78 Å². The number of nitrogens with zero attached hydrogens (tertiary/aromatic N) is 2. The first-order valence-corrected chi connectivity index (χ1v) is 5.30. The number of aromatic nitrogens is 2. The van der Waals surface area contributed by atoms with Gasteiger partial charge in [-0.2, -0.15) is 0 Å². The van der Waals surface area contributed by atoms with Crippen LogP contribution in [0, 0.1) is 11.6 Å². The van der Waals surface area contributed by atoms with Gasteiger partial charge in [0.1, 0.15) is 17.2 Å². The highest BCUT2D eigenvalue weighted by molar-refractivity contribution is 9.10. The summed E-state index contributed by atoms with van der Waals surface area (Å²) in [4.78, 5) is 0.0687. The lowest BCUT2D eigenvalue weighted by Gasteiger charge is -2.00. The number of benzene rings is 1. The normalized spacial score (nSPS) is 10.7. The van der Waals surface area contributed by atoms with Gasteiger partial charge in [0.25, 0.3) is 10.7 Å². The highest BCUT2D eigenvalue weighted by Crippen LogP contribution is 2.28. The first-order chi connectivity index (χ1) is 7.08. The Hall–Kier alpha value is -0.820. The lowest BCUT2D eigenvalue weighted by atomic mass is 10.2. The summed E-state index contributed by atoms with van der Waals surface area (Å²) >= 11 is 5.87. The van der Waals surface area contributed by atoms with Gasteiger partial charge in [-0.1, -0.05) is 15.9 Å². The molecule has 1 heterocycles. The highest BCUT2D eigenvalue weighted by Gasteiger charge is 2.18. The lowest BCUT2D eigenvalue weighted by molar-refractivity contribution is 0.521. The van der Waals surface area contributed by atoms with Crippen molar-refractivity contribution in [2.45, 2.75) is 0 Å². The summed E-state index contributed by atoms with van der Waals surface area (Å²) in [6.45, 7) is 0. The zero-order valence-electron chi connectivity index (χ0n) is 6.97. The van der Waals surface area contributed by atoms with Crippen molar-refractivity contribution in [1.82, 2.24) is 10.2 Å². The average Bonchev–Trinajstić information content (AvgIpc) is 2.49. The Morgan fingerprint density at radius 1 is 1.07 bits per heavy atom. The van der Waals surface area contributed by atoms with Gasteiger partial charge in [0.15, 0.2) is 0 Å². The van der Waals surface area contributed by atoms with E-state index in [1.165, 1.54) is 0 Å². The molecule has 0 aliphatic rings. The van der Waals surface area contributed by atoms with Crippen molar-refractivity contribution in [3.05, 3.63) is 33.0 Å². The maximum absolute atomic E-state index is 13.4. The van der Waals surface area contributed by atoms with Crippen LogP contribution in [-0.2, 0) is 0 Å². The van der Waals surface area contributed by atoms with Gasteiger partial charge in [0, 0.05) is 20.4 Å². The van der Waals surface area contributed by atoms with Crippen LogP contribution < -0.4 is 0 Å². The van der Waals surface area contributed by atoms with Gasteiger partial charge in [-0.3, -0.25) is 0 Å². The molecule has 0 aliphatic heterocycles. The monoisotopic (exact) mass is 338 g/mol. The smallest absolute Gasteiger partial charge is 0.285 e. The summed E-state index contributed by atoms with van der Waals surface area (Å²) in [6, 6.07) is 2.24. The molecule has 2 rings (SSSR count). The van der Waals surface area contributed by atoms with Crippen LogP contribution in [0.15, 0.2) is 25.8 Å². The van der Waals surface area contributed by atoms with Crippen LogP contribution in [0.2, 0.25) is 0 Å². The van der Waals surface area contributed by atoms with E-state index in [2.05, 4.69) is 42.1 Å². The molecule has 1 aromatic heterocycles. The zero-order chi connectivity index (χ0) is 11.0. The van der Waals surface area contributed by atoms with Crippen LogP contribution in [-0.4, -0.2) is 10.2 Å². The Morgan fingerprint density at radius 2 is 1.67 bits per heavy atom. The Balaban J connectivity index is 2.62. The summed E-state index contributed by atoms with van der Waals surface area (Å²) < 4.78 is 32.0. The van der Waals surface area contributed by atoms with E-state index in [1.807, 2.05) is 0 Å². The Morgan fingerprint density at radius 3 is 2.13 bits per heavy atom. The molecule has 0 N–H and O–H groups in total. The largest absolute Gasteiger partial charge is 0.411 e. The quantitative estimate of drug-likeness (QED) is 0.797. The predicted molar refractivity (Wildman–Crippen MR) is 55.0 cm³/mol. The Bertz CT molecular complexity index is 492. The molecular formula is C8H2Br2F2N2O. The average molecular weight is 340 g/mol. The number of hydrogen-bond donors (Lipinski definition) is 0. The Labute approximate surface area is 99.8 Å². The molecule has 3 nitrogen and oxygen atoms in total. The molecule has 1 aromatic carbocycles. The minimum Gasteiger partial charge on any atom is -0.411 e. The van der Waals surface area contributed by atoms with Crippen molar-refractivity contribution >= 4 is 31.9 Å². The number of hydrogen-bond acceptors (Lipinski definition) is 3. The van der Waals surface area contributed by atoms with E-state index >= 15 is 0 Å². The van der Waals surface area contributed by atoms with Gasteiger partial charge >= 0.3 is 0 Å². The fourth-order valence-corrected chi connectivity index (χ4v) is 1.69. The van der Waals surface area contributed by atoms with Crippen molar-refractivity contribution in [2.24, 2.45) is 0 Å². The van der Waals surface area contributed by atoms with E-state index in [0.717, 1.165) is 12.1 Å². The molecule has 0 fully saturated rings. The topological polar surface area (TPSA) is 38.9 Å². The second-order valence-corrected chi connectivity index (χ2v) is 4.20. The maximum Gasteiger partial charge on any atom is 0.285 e. The molecular weight excluding hydrogens is 338 g/mol. The predicted octanol–water partition coefficient (Wildman–Crippen LogP) is 3.54. The summed E-state index contributed by atoms with van der Waals surface area (Å²) in [5.41, 5.74) is -0.337. The van der Waals surface area contributed by atoms with Crippen LogP contribution >= 0.6 is 31.9 Å². The van der Waals surface area contributed by atoms with Crippen molar-refractivity contribution in [1.29, 1.82) is 0 Å².